The number of carboxylic acids is 1. The maximum absolute atomic E-state index is 10.0. The normalized spacial score (nSPS) is 11.0. The Morgan fingerprint density at radius 1 is 1.36 bits per heavy atom. The van der Waals surface area contributed by atoms with Crippen molar-refractivity contribution in [1.29, 1.82) is 0 Å². The van der Waals surface area contributed by atoms with Gasteiger partial charge in [0.05, 0.1) is 6.10 Å². The van der Waals surface area contributed by atoms with Gasteiger partial charge in [0.1, 0.15) is 0 Å². The van der Waals surface area contributed by atoms with Crippen LogP contribution >= 0.6 is 0 Å². The minimum atomic E-state index is -0.974. The summed E-state index contributed by atoms with van der Waals surface area (Å²) in [5.74, 6) is -0.974. The van der Waals surface area contributed by atoms with Crippen molar-refractivity contribution in [2.24, 2.45) is 0 Å². The summed E-state index contributed by atoms with van der Waals surface area (Å²) in [7, 11) is 0. The van der Waals surface area contributed by atoms with Crippen LogP contribution in [-0.2, 0) is 9.53 Å². The molecule has 0 radical (unpaired) electrons. The molecular weight excluding hydrogens is 180 g/mol. The van der Waals surface area contributed by atoms with Gasteiger partial charge < -0.3 is 14.6 Å². The lowest BCUT2D eigenvalue weighted by Gasteiger charge is -2.09. The lowest BCUT2D eigenvalue weighted by molar-refractivity contribution is -0.305. The quantitative estimate of drug-likeness (QED) is 0.597. The summed E-state index contributed by atoms with van der Waals surface area (Å²) < 4.78 is 5.36. The highest BCUT2D eigenvalue weighted by Crippen LogP contribution is 2.00. The molecule has 14 heavy (non-hydrogen) atoms. The highest BCUT2D eigenvalue weighted by Gasteiger charge is 1.96. The molecule has 0 amide bonds. The molecule has 0 N–H and O–H groups in total. The van der Waals surface area contributed by atoms with Crippen LogP contribution in [0.15, 0.2) is 0 Å². The van der Waals surface area contributed by atoms with Gasteiger partial charge in [-0.1, -0.05) is 21.8 Å². The van der Waals surface area contributed by atoms with Gasteiger partial charge >= 0.3 is 0 Å². The van der Waals surface area contributed by atoms with E-state index in [-0.39, 0.29) is 27.4 Å². The van der Waals surface area contributed by atoms with Gasteiger partial charge in [0.15, 0.2) is 0 Å². The monoisotopic (exact) mass is 205 g/mol. The highest BCUT2D eigenvalue weighted by molar-refractivity contribution is 5.63. The van der Waals surface area contributed by atoms with E-state index in [9.17, 15) is 9.90 Å². The first-order chi connectivity index (χ1) is 5.66. The SMILES string of the molecule is C.C.CCC(C)OCCCCC(=O)[O-]. The van der Waals surface area contributed by atoms with E-state index in [1.54, 1.807) is 0 Å². The van der Waals surface area contributed by atoms with Gasteiger partial charge in [-0.3, -0.25) is 0 Å². The molecule has 0 aliphatic heterocycles. The molecule has 88 valence electrons. The Morgan fingerprint density at radius 3 is 2.36 bits per heavy atom. The van der Waals surface area contributed by atoms with Gasteiger partial charge in [-0.05, 0) is 32.6 Å². The Bertz CT molecular complexity index is 124. The van der Waals surface area contributed by atoms with Crippen LogP contribution in [0, 0.1) is 0 Å². The van der Waals surface area contributed by atoms with Crippen molar-refractivity contribution in [2.75, 3.05) is 6.61 Å². The summed E-state index contributed by atoms with van der Waals surface area (Å²) in [5, 5.41) is 10.0. The molecule has 0 saturated heterocycles. The van der Waals surface area contributed by atoms with Gasteiger partial charge in [-0.2, -0.15) is 0 Å². The maximum atomic E-state index is 10.0. The molecule has 0 aliphatic carbocycles. The molecule has 0 spiro atoms. The molecule has 0 aromatic carbocycles. The van der Waals surface area contributed by atoms with Gasteiger partial charge in [0.2, 0.25) is 0 Å². The van der Waals surface area contributed by atoms with Crippen molar-refractivity contribution < 1.29 is 14.6 Å². The average Bonchev–Trinajstić information content (AvgIpc) is 2.03. The predicted molar refractivity (Wildman–Crippen MR) is 58.0 cm³/mol. The molecule has 3 nitrogen and oxygen atoms in total. The fourth-order valence-electron chi connectivity index (χ4n) is 0.774. The first-order valence-electron chi connectivity index (χ1n) is 4.48. The zero-order valence-electron chi connectivity index (χ0n) is 7.84. The van der Waals surface area contributed by atoms with Gasteiger partial charge in [0, 0.05) is 12.6 Å². The zero-order chi connectivity index (χ0) is 9.40. The van der Waals surface area contributed by atoms with E-state index in [0.29, 0.717) is 13.0 Å². The maximum Gasteiger partial charge on any atom is 0.0544 e. The molecule has 1 unspecified atom stereocenters. The second-order valence-electron chi connectivity index (χ2n) is 2.92. The van der Waals surface area contributed by atoms with Crippen LogP contribution in [-0.4, -0.2) is 18.7 Å². The Morgan fingerprint density at radius 2 is 1.93 bits per heavy atom. The molecular formula is C11H25O3-. The summed E-state index contributed by atoms with van der Waals surface area (Å²) in [5.41, 5.74) is 0. The molecule has 0 aromatic rings. The second-order valence-corrected chi connectivity index (χ2v) is 2.92. The van der Waals surface area contributed by atoms with Crippen molar-refractivity contribution in [3.63, 3.8) is 0 Å². The largest absolute Gasteiger partial charge is 0.550 e. The molecule has 0 fully saturated rings. The van der Waals surface area contributed by atoms with E-state index in [0.717, 1.165) is 12.8 Å². The van der Waals surface area contributed by atoms with E-state index in [1.165, 1.54) is 0 Å². The van der Waals surface area contributed by atoms with Crippen LogP contribution in [0.1, 0.15) is 54.4 Å². The summed E-state index contributed by atoms with van der Waals surface area (Å²) >= 11 is 0. The molecule has 0 bridgehead atoms. The first kappa shape index (κ1) is 19.1. The Kier molecular flexibility index (Phi) is 16.9. The molecule has 0 aromatic heterocycles. The third-order valence-electron chi connectivity index (χ3n) is 1.75. The number of rotatable bonds is 7. The fraction of sp³-hybridized carbons (Fsp3) is 0.909. The zero-order valence-corrected chi connectivity index (χ0v) is 7.84. The average molecular weight is 205 g/mol. The third kappa shape index (κ3) is 14.0. The van der Waals surface area contributed by atoms with E-state index in [4.69, 9.17) is 4.74 Å². The minimum Gasteiger partial charge on any atom is -0.550 e. The van der Waals surface area contributed by atoms with E-state index < -0.39 is 5.97 Å². The fourth-order valence-corrected chi connectivity index (χ4v) is 0.774. The predicted octanol–water partition coefficient (Wildman–Crippen LogP) is 1.99. The molecule has 0 heterocycles. The van der Waals surface area contributed by atoms with Crippen LogP contribution in [0.25, 0.3) is 0 Å². The van der Waals surface area contributed by atoms with E-state index >= 15 is 0 Å². The van der Waals surface area contributed by atoms with E-state index in [1.807, 2.05) is 6.92 Å². The van der Waals surface area contributed by atoms with Crippen molar-refractivity contribution in [2.45, 2.75) is 60.5 Å². The number of carboxylic acid groups (broad SMARTS) is 1. The highest BCUT2D eigenvalue weighted by atomic mass is 16.5. The van der Waals surface area contributed by atoms with Gasteiger partial charge in [0.25, 0.3) is 0 Å². The molecule has 3 heteroatoms. The topological polar surface area (TPSA) is 49.4 Å². The summed E-state index contributed by atoms with van der Waals surface area (Å²) in [6.07, 6.45) is 2.88. The standard InChI is InChI=1S/C9H18O3.2CH4/c1-3-8(2)12-7-5-4-6-9(10)11;;/h8H,3-7H2,1-2H3,(H,10,11);2*1H4/p-1. The van der Waals surface area contributed by atoms with Gasteiger partial charge in [-0.15, -0.1) is 0 Å². The van der Waals surface area contributed by atoms with Gasteiger partial charge in [-0.25, -0.2) is 0 Å². The van der Waals surface area contributed by atoms with Crippen molar-refractivity contribution >= 4 is 5.97 Å². The second kappa shape index (κ2) is 12.4. The lowest BCUT2D eigenvalue weighted by Crippen LogP contribution is -2.21. The van der Waals surface area contributed by atoms with Crippen LogP contribution in [0.3, 0.4) is 0 Å². The first-order valence-corrected chi connectivity index (χ1v) is 4.48. The molecule has 0 aliphatic rings. The Hall–Kier alpha value is -0.570. The van der Waals surface area contributed by atoms with Crippen LogP contribution in [0.5, 0.6) is 0 Å². The minimum absolute atomic E-state index is 0. The summed E-state index contributed by atoms with van der Waals surface area (Å²) in [6.45, 7) is 4.73. The van der Waals surface area contributed by atoms with Crippen LogP contribution in [0.2, 0.25) is 0 Å². The number of hydrogen-bond donors (Lipinski definition) is 0. The lowest BCUT2D eigenvalue weighted by atomic mass is 10.2. The van der Waals surface area contributed by atoms with Crippen LogP contribution < -0.4 is 5.11 Å². The van der Waals surface area contributed by atoms with E-state index in [2.05, 4.69) is 6.92 Å². The Balaban J connectivity index is -0.000000605. The summed E-state index contributed by atoms with van der Waals surface area (Å²) in [6, 6.07) is 0. The number of ether oxygens (including phenoxy) is 1. The Labute approximate surface area is 88.5 Å². The number of hydrogen-bond acceptors (Lipinski definition) is 3. The van der Waals surface area contributed by atoms with Crippen molar-refractivity contribution in [1.82, 2.24) is 0 Å². The number of aliphatic carboxylic acids is 1. The molecule has 0 saturated carbocycles. The number of carbonyl (C=O) groups is 1. The van der Waals surface area contributed by atoms with Crippen molar-refractivity contribution in [3.05, 3.63) is 0 Å². The number of unbranched alkanes of at least 4 members (excludes halogenated alkanes) is 1. The number of carbonyl (C=O) groups excluding carboxylic acids is 1. The molecule has 0 rings (SSSR count). The smallest absolute Gasteiger partial charge is 0.0544 e. The summed E-state index contributed by atoms with van der Waals surface area (Å²) in [4.78, 5) is 10.0. The van der Waals surface area contributed by atoms with Crippen molar-refractivity contribution in [3.8, 4) is 0 Å². The third-order valence-corrected chi connectivity index (χ3v) is 1.75. The molecule has 1 atom stereocenters. The van der Waals surface area contributed by atoms with Crippen LogP contribution in [0.4, 0.5) is 0 Å².